The van der Waals surface area contributed by atoms with E-state index in [1.165, 1.54) is 34.9 Å². The van der Waals surface area contributed by atoms with E-state index >= 15 is 9.59 Å². The van der Waals surface area contributed by atoms with E-state index in [1.807, 2.05) is 24.3 Å². The first-order valence-electron chi connectivity index (χ1n) is 33.3. The predicted octanol–water partition coefficient (Wildman–Crippen LogP) is 1.20. The van der Waals surface area contributed by atoms with Crippen LogP contribution in [0.3, 0.4) is 0 Å². The van der Waals surface area contributed by atoms with Gasteiger partial charge in [0.25, 0.3) is 0 Å². The average molecular weight is 1540 g/mol. The molecule has 14 rings (SSSR count). The molecule has 34 heteroatoms. The number of phenolic OH excluding ortho intramolecular Hbond substituents is 2. The van der Waals surface area contributed by atoms with Crippen molar-refractivity contribution in [2.45, 2.75) is 137 Å². The number of nitrogens with one attached hydrogen (secondary N) is 6. The molecule has 11 bridgehead atoms. The maximum absolute atomic E-state index is 15.7. The standard InChI is InChI=1S/C58H58Cl2N7O22.C15H16ClN.Na/c1-20-30(69)9-12-39(84-20)88-51-49(76)48(75)37(19-68)87-58(51)89-50-35-16-24-17-36(50)86-34-11-7-23(15-28(34)60)47(74)45-56(81)66-44(57(82)83)25-3-2-4-32(71)40(25)26-13-21(5-8-31(26)70)42(54(79)67-45)65-55(80)43(24)64-52(77)29(18-38(61)72)63-53(78)41(62)46(73)22-6-10-33(85-35)27(59)14-22;1-2-17-11-12-3-5-13(6-4-12)14-7-9-15(16)10-8-14;/h3-8,10-11,13-17,20,29-30,37,39,41-49,51,58,68-71,73-76H,9,12,18-19,62H2,1H3,(H2,61,72)(H,63,78)(H,64,77)(H,65,80)(H,66,81)(H,67,79)(H,82,83);3-10,17H,2,11H2,1H3;/q-1;;+1/t20?,29-,30?,37?,39?,41+,42?,43+,44-,45-,46+,47+,48?,49?,51?,58?;;/m0../s1. The molecule has 107 heavy (non-hydrogen) atoms. The number of benzene rings is 7. The second-order valence-electron chi connectivity index (χ2n) is 25.5. The third-order valence-electron chi connectivity index (χ3n) is 18.2. The average Bonchev–Trinajstić information content (AvgIpc) is 0.770. The van der Waals surface area contributed by atoms with Gasteiger partial charge >= 0.3 is 35.5 Å². The summed E-state index contributed by atoms with van der Waals surface area (Å²) in [7, 11) is 0. The van der Waals surface area contributed by atoms with Crippen LogP contribution in [-0.2, 0) is 54.3 Å². The molecule has 7 heterocycles. The molecule has 7 aliphatic rings. The molecule has 0 aliphatic carbocycles. The molecule has 0 radical (unpaired) electrons. The van der Waals surface area contributed by atoms with E-state index in [4.69, 9.17) is 74.7 Å². The Labute approximate surface area is 647 Å². The molecule has 6 amide bonds. The number of hydrogen-bond acceptors (Lipinski definition) is 23. The van der Waals surface area contributed by atoms with Crippen LogP contribution in [0.25, 0.3) is 22.3 Å². The number of aliphatic hydroxyl groups is 6. The van der Waals surface area contributed by atoms with Gasteiger partial charge in [0.2, 0.25) is 47.5 Å². The van der Waals surface area contributed by atoms with E-state index in [2.05, 4.69) is 69.2 Å². The molecule has 0 aromatic heterocycles. The van der Waals surface area contributed by atoms with Crippen molar-refractivity contribution in [3.05, 3.63) is 182 Å². The number of amides is 6. The van der Waals surface area contributed by atoms with Crippen LogP contribution < -0.4 is 87.1 Å². The topological polar surface area (TPSA) is 481 Å². The van der Waals surface area contributed by atoms with Gasteiger partial charge in [0.15, 0.2) is 23.9 Å². The van der Waals surface area contributed by atoms with Gasteiger partial charge in [-0.25, -0.2) is 0 Å². The van der Waals surface area contributed by atoms with Crippen molar-refractivity contribution < 1.29 is 137 Å². The SMILES string of the molecule is CC1OC(OC2C(Oc3c4cc5cc3Oc3ccc(cc3Cl)[C@@H](O)[C@@H](N)C(=O)N[C@@H](CC(N)=O)C(=O)N[C@H]5C(=O)NC3C(=O)N[C@H](C(=O)N[C@H](C(=O)O)c5c[c-]cc(O)c5-c5cc3ccc5O)[C@H](O)c3ccc(c(Cl)c3)O4)OC(CO)C(O)C2O)CCC1O.CCNCc1ccc(-c2ccc(Cl)cc2)cc1.[Na+]. The number of aliphatic carboxylic acids is 1. The number of aliphatic hydroxyl groups excluding tert-OH is 6. The first kappa shape index (κ1) is 80.8. The minimum Gasteiger partial charge on any atom is -0.565 e. The number of phenols is 2. The molecule has 7 aromatic carbocycles. The largest absolute Gasteiger partial charge is 1.00 e. The Bertz CT molecular complexity index is 4480. The molecule has 0 spiro atoms. The Hall–Kier alpha value is -8.74. The van der Waals surface area contributed by atoms with E-state index in [0.29, 0.717) is 0 Å². The fourth-order valence-corrected chi connectivity index (χ4v) is 13.0. The molecule has 2 saturated heterocycles. The van der Waals surface area contributed by atoms with Gasteiger partial charge in [-0.1, -0.05) is 102 Å². The summed E-state index contributed by atoms with van der Waals surface area (Å²) in [5, 5.41) is 116. The zero-order valence-corrected chi connectivity index (χ0v) is 61.5. The predicted molar refractivity (Wildman–Crippen MR) is 376 cm³/mol. The zero-order valence-electron chi connectivity index (χ0n) is 57.2. The fourth-order valence-electron chi connectivity index (χ4n) is 12.5. The first-order chi connectivity index (χ1) is 50.6. The van der Waals surface area contributed by atoms with Crippen molar-refractivity contribution in [1.82, 2.24) is 31.9 Å². The van der Waals surface area contributed by atoms with Crippen LogP contribution in [0.15, 0.2) is 127 Å². The number of fused-ring (bicyclic) bond motifs is 15. The van der Waals surface area contributed by atoms with E-state index in [9.17, 15) is 69.9 Å². The van der Waals surface area contributed by atoms with E-state index in [-0.39, 0.29) is 91.8 Å². The van der Waals surface area contributed by atoms with Gasteiger partial charge in [0, 0.05) is 29.3 Å². The van der Waals surface area contributed by atoms with Gasteiger partial charge in [-0.15, -0.1) is 11.6 Å². The molecular formula is C73H74Cl3N8NaO22. The summed E-state index contributed by atoms with van der Waals surface area (Å²) in [5.74, 6) is -13.2. The number of primary amides is 1. The Morgan fingerprint density at radius 1 is 0.654 bits per heavy atom. The number of ether oxygens (including phenoxy) is 6. The van der Waals surface area contributed by atoms with Gasteiger partial charge in [-0.05, 0) is 119 Å². The van der Waals surface area contributed by atoms with Crippen LogP contribution in [0.2, 0.25) is 15.1 Å². The van der Waals surface area contributed by atoms with Crippen molar-refractivity contribution in [3.8, 4) is 62.5 Å². The van der Waals surface area contributed by atoms with Gasteiger partial charge in [0.1, 0.15) is 84.0 Å². The molecule has 7 aliphatic heterocycles. The molecule has 560 valence electrons. The summed E-state index contributed by atoms with van der Waals surface area (Å²) >= 11 is 19.7. The zero-order chi connectivity index (χ0) is 76.1. The molecule has 19 N–H and O–H groups in total. The molecule has 9 unspecified atom stereocenters. The maximum atomic E-state index is 15.7. The van der Waals surface area contributed by atoms with E-state index < -0.39 is 192 Å². The van der Waals surface area contributed by atoms with Crippen molar-refractivity contribution in [1.29, 1.82) is 0 Å². The van der Waals surface area contributed by atoms with Crippen molar-refractivity contribution in [2.75, 3.05) is 13.2 Å². The normalized spacial score (nSPS) is 26.4. The monoisotopic (exact) mass is 1540 g/mol. The third-order valence-corrected chi connectivity index (χ3v) is 19.1. The Kier molecular flexibility index (Phi) is 26.5. The molecule has 2 fully saturated rings. The van der Waals surface area contributed by atoms with Crippen LogP contribution in [0.4, 0.5) is 0 Å². The van der Waals surface area contributed by atoms with Gasteiger partial charge in [-0.3, -0.25) is 33.6 Å². The molecular weight excluding hydrogens is 1470 g/mol. The van der Waals surface area contributed by atoms with Crippen LogP contribution in [0.5, 0.6) is 40.2 Å². The Morgan fingerprint density at radius 3 is 1.85 bits per heavy atom. The molecule has 30 nitrogen and oxygen atoms in total. The summed E-state index contributed by atoms with van der Waals surface area (Å²) in [6.45, 7) is 4.69. The fraction of sp³-hybridized carbons (Fsp3) is 0.329. The smallest absolute Gasteiger partial charge is 0.565 e. The number of carbonyl (C=O) groups is 7. The summed E-state index contributed by atoms with van der Waals surface area (Å²) in [6, 6.07) is 21.1. The summed E-state index contributed by atoms with van der Waals surface area (Å²) in [4.78, 5) is 100. The minimum atomic E-state index is -2.24. The number of carbonyl (C=O) groups excluding carboxylic acids is 6. The van der Waals surface area contributed by atoms with Crippen LogP contribution >= 0.6 is 34.8 Å². The summed E-state index contributed by atoms with van der Waals surface area (Å²) in [6.07, 6.45) is -16.7. The maximum Gasteiger partial charge on any atom is 1.00 e. The number of aromatic hydroxyl groups is 2. The van der Waals surface area contributed by atoms with Crippen LogP contribution in [0.1, 0.15) is 96.8 Å². The van der Waals surface area contributed by atoms with Crippen molar-refractivity contribution in [2.24, 2.45) is 11.5 Å². The van der Waals surface area contributed by atoms with E-state index in [1.54, 1.807) is 6.92 Å². The van der Waals surface area contributed by atoms with Gasteiger partial charge in [0.05, 0.1) is 35.3 Å². The molecule has 0 saturated carbocycles. The summed E-state index contributed by atoms with van der Waals surface area (Å²) < 4.78 is 37.8. The number of rotatable bonds is 12. The number of carboxylic acid groups (broad SMARTS) is 1. The van der Waals surface area contributed by atoms with E-state index in [0.717, 1.165) is 78.8 Å². The quantitative estimate of drug-likeness (QED) is 0.0604. The molecule has 7 aromatic rings. The van der Waals surface area contributed by atoms with Crippen molar-refractivity contribution in [3.63, 3.8) is 0 Å². The Morgan fingerprint density at radius 2 is 1.25 bits per heavy atom. The van der Waals surface area contributed by atoms with Crippen molar-refractivity contribution >= 4 is 76.2 Å². The number of halogens is 3. The molecule has 16 atom stereocenters. The van der Waals surface area contributed by atoms with Gasteiger partial charge < -0.3 is 118 Å². The summed E-state index contributed by atoms with van der Waals surface area (Å²) in [5.41, 5.74) is 13.5. The second kappa shape index (κ2) is 35.1. The number of carboxylic acids is 1. The Balaban J connectivity index is 0.000000595. The second-order valence-corrected chi connectivity index (χ2v) is 26.7. The van der Waals surface area contributed by atoms with Gasteiger partial charge in [-0.2, -0.15) is 12.1 Å². The number of hydrogen-bond donors (Lipinski definition) is 17. The first-order valence-corrected chi connectivity index (χ1v) is 34.4. The minimum absolute atomic E-state index is 0. The van der Waals surface area contributed by atoms with Crippen LogP contribution in [0, 0.1) is 6.07 Å². The third kappa shape index (κ3) is 18.4. The number of nitrogens with two attached hydrogens (primary N) is 2. The van der Waals surface area contributed by atoms with Crippen LogP contribution in [-0.4, -0.2) is 168 Å².